The van der Waals surface area contributed by atoms with Crippen LogP contribution in [-0.2, 0) is 9.53 Å². The van der Waals surface area contributed by atoms with Crippen LogP contribution in [0.1, 0.15) is 44.4 Å². The number of nitrogens with zero attached hydrogens (tertiary/aromatic N) is 2. The van der Waals surface area contributed by atoms with Gasteiger partial charge < -0.3 is 10.1 Å². The first kappa shape index (κ1) is 23.0. The van der Waals surface area contributed by atoms with E-state index in [4.69, 9.17) is 4.74 Å². The van der Waals surface area contributed by atoms with Gasteiger partial charge in [0, 0.05) is 11.1 Å². The summed E-state index contributed by atoms with van der Waals surface area (Å²) in [6.07, 6.45) is 1.22. The van der Waals surface area contributed by atoms with E-state index >= 15 is 0 Å². The van der Waals surface area contributed by atoms with Gasteiger partial charge in [0.15, 0.2) is 11.6 Å². The Morgan fingerprint density at radius 2 is 1.56 bits per heavy atom. The van der Waals surface area contributed by atoms with Crippen LogP contribution in [0.15, 0.2) is 65.7 Å². The molecule has 8 nitrogen and oxygen atoms in total. The molecule has 1 heterocycles. The molecule has 9 heteroatoms. The zero-order valence-corrected chi connectivity index (χ0v) is 18.3. The maximum Gasteiger partial charge on any atom is 0.344 e. The molecule has 32 heavy (non-hydrogen) atoms. The van der Waals surface area contributed by atoms with Crippen LogP contribution in [0.4, 0.5) is 5.82 Å². The van der Waals surface area contributed by atoms with Gasteiger partial charge in [0.1, 0.15) is 10.6 Å². The number of thioether (sulfide) groups is 1. The number of rotatable bonds is 8. The summed E-state index contributed by atoms with van der Waals surface area (Å²) in [5.41, 5.74) is 0.657. The average molecular weight is 452 g/mol. The van der Waals surface area contributed by atoms with E-state index in [-0.39, 0.29) is 23.0 Å². The predicted octanol–water partition coefficient (Wildman–Crippen LogP) is 3.68. The summed E-state index contributed by atoms with van der Waals surface area (Å²) in [6, 6.07) is 16.7. The summed E-state index contributed by atoms with van der Waals surface area (Å²) in [5.74, 6) is -2.48. The molecule has 0 saturated carbocycles. The Hall–Kier alpha value is -3.72. The van der Waals surface area contributed by atoms with Gasteiger partial charge in [0.05, 0.1) is 13.0 Å². The SMILES string of the molecule is CCOC(=O)c1c(SC)nn(C(=O)c2ccccc2)c1NC(=O)CC(=O)c1ccccc1. The summed E-state index contributed by atoms with van der Waals surface area (Å²) < 4.78 is 6.06. The number of esters is 1. The first-order chi connectivity index (χ1) is 15.5. The summed E-state index contributed by atoms with van der Waals surface area (Å²) in [6.45, 7) is 1.75. The standard InChI is InChI=1S/C23H21N3O5S/c1-3-31-23(30)19-20(24-18(28)14-17(27)15-10-6-4-7-11-15)26(25-21(19)32-2)22(29)16-12-8-5-9-13-16/h4-13H,3,14H2,1-2H3,(H,24,28). The smallest absolute Gasteiger partial charge is 0.344 e. The van der Waals surface area contributed by atoms with Crippen LogP contribution < -0.4 is 5.32 Å². The van der Waals surface area contributed by atoms with Gasteiger partial charge >= 0.3 is 5.97 Å². The maximum absolute atomic E-state index is 13.1. The summed E-state index contributed by atoms with van der Waals surface area (Å²) in [5, 5.41) is 6.98. The van der Waals surface area contributed by atoms with Crippen LogP contribution in [-0.4, -0.2) is 46.2 Å². The number of nitrogens with one attached hydrogen (secondary N) is 1. The molecule has 0 aliphatic rings. The molecule has 3 rings (SSSR count). The molecule has 0 fully saturated rings. The molecule has 0 spiro atoms. The van der Waals surface area contributed by atoms with Gasteiger partial charge in [0.25, 0.3) is 5.91 Å². The molecule has 3 aromatic rings. The highest BCUT2D eigenvalue weighted by Gasteiger charge is 2.29. The number of ketones is 1. The lowest BCUT2D eigenvalue weighted by Gasteiger charge is -2.10. The van der Waals surface area contributed by atoms with Crippen LogP contribution in [0.25, 0.3) is 0 Å². The summed E-state index contributed by atoms with van der Waals surface area (Å²) >= 11 is 1.13. The number of anilines is 1. The molecular formula is C23H21N3O5S. The molecule has 0 unspecified atom stereocenters. The Balaban J connectivity index is 1.98. The molecule has 1 amide bonds. The number of carbonyl (C=O) groups is 4. The number of aromatic nitrogens is 2. The molecule has 1 aromatic heterocycles. The molecule has 0 aliphatic heterocycles. The van der Waals surface area contributed by atoms with Gasteiger partial charge in [-0.1, -0.05) is 48.5 Å². The van der Waals surface area contributed by atoms with Gasteiger partial charge in [-0.2, -0.15) is 9.78 Å². The minimum Gasteiger partial charge on any atom is -0.462 e. The molecule has 1 N–H and O–H groups in total. The van der Waals surface area contributed by atoms with Crippen molar-refractivity contribution in [3.63, 3.8) is 0 Å². The normalized spacial score (nSPS) is 10.4. The zero-order chi connectivity index (χ0) is 23.1. The Kier molecular flexibility index (Phi) is 7.56. The van der Waals surface area contributed by atoms with Crippen molar-refractivity contribution in [2.45, 2.75) is 18.4 Å². The van der Waals surface area contributed by atoms with Crippen molar-refractivity contribution in [3.8, 4) is 0 Å². The Bertz CT molecular complexity index is 1140. The number of hydrogen-bond acceptors (Lipinski definition) is 7. The van der Waals surface area contributed by atoms with Gasteiger partial charge in [-0.05, 0) is 25.3 Å². The zero-order valence-electron chi connectivity index (χ0n) is 17.5. The van der Waals surface area contributed by atoms with Crippen molar-refractivity contribution < 1.29 is 23.9 Å². The minimum atomic E-state index is -0.728. The number of Topliss-reactive ketones (excluding diaryl/α,β-unsaturated/α-hetero) is 1. The quantitative estimate of drug-likeness (QED) is 0.241. The fraction of sp³-hybridized carbons (Fsp3) is 0.174. The monoisotopic (exact) mass is 451 g/mol. The molecule has 0 bridgehead atoms. The van der Waals surface area contributed by atoms with Crippen molar-refractivity contribution in [3.05, 3.63) is 77.4 Å². The second-order valence-corrected chi connectivity index (χ2v) is 7.35. The van der Waals surface area contributed by atoms with E-state index in [1.807, 2.05) is 0 Å². The largest absolute Gasteiger partial charge is 0.462 e. The first-order valence-electron chi connectivity index (χ1n) is 9.78. The van der Waals surface area contributed by atoms with Crippen LogP contribution in [0.3, 0.4) is 0 Å². The van der Waals surface area contributed by atoms with Crippen LogP contribution in [0.5, 0.6) is 0 Å². The molecule has 2 aromatic carbocycles. The van der Waals surface area contributed by atoms with E-state index in [0.717, 1.165) is 16.4 Å². The highest BCUT2D eigenvalue weighted by atomic mass is 32.2. The fourth-order valence-corrected chi connectivity index (χ4v) is 3.49. The number of hydrogen-bond donors (Lipinski definition) is 1. The third kappa shape index (κ3) is 5.12. The van der Waals surface area contributed by atoms with E-state index in [0.29, 0.717) is 11.1 Å². The second-order valence-electron chi connectivity index (χ2n) is 6.55. The summed E-state index contributed by atoms with van der Waals surface area (Å²) in [4.78, 5) is 50.8. The molecule has 0 atom stereocenters. The third-order valence-electron chi connectivity index (χ3n) is 4.41. The Labute approximate surface area is 189 Å². The van der Waals surface area contributed by atoms with Crippen LogP contribution >= 0.6 is 11.8 Å². The minimum absolute atomic E-state index is 0.0378. The van der Waals surface area contributed by atoms with E-state index in [9.17, 15) is 19.2 Å². The third-order valence-corrected chi connectivity index (χ3v) is 5.09. The topological polar surface area (TPSA) is 107 Å². The number of ether oxygens (including phenoxy) is 1. The molecule has 0 saturated heterocycles. The van der Waals surface area contributed by atoms with Crippen molar-refractivity contribution in [1.29, 1.82) is 0 Å². The van der Waals surface area contributed by atoms with Gasteiger partial charge in [-0.3, -0.25) is 14.4 Å². The second kappa shape index (κ2) is 10.5. The molecule has 164 valence electrons. The first-order valence-corrected chi connectivity index (χ1v) is 11.0. The van der Waals surface area contributed by atoms with Crippen LogP contribution in [0.2, 0.25) is 0 Å². The lowest BCUT2D eigenvalue weighted by atomic mass is 10.1. The Morgan fingerprint density at radius 1 is 0.969 bits per heavy atom. The number of carbonyl (C=O) groups excluding carboxylic acids is 4. The number of amides is 1. The van der Waals surface area contributed by atoms with Gasteiger partial charge in [0.2, 0.25) is 5.91 Å². The van der Waals surface area contributed by atoms with E-state index in [1.165, 1.54) is 0 Å². The highest BCUT2D eigenvalue weighted by Crippen LogP contribution is 2.29. The Morgan fingerprint density at radius 3 is 2.12 bits per heavy atom. The van der Waals surface area contributed by atoms with E-state index in [1.54, 1.807) is 73.8 Å². The lowest BCUT2D eigenvalue weighted by Crippen LogP contribution is -2.23. The molecular weight excluding hydrogens is 430 g/mol. The van der Waals surface area contributed by atoms with E-state index in [2.05, 4.69) is 10.4 Å². The molecule has 0 radical (unpaired) electrons. The number of benzene rings is 2. The molecule has 0 aliphatic carbocycles. The van der Waals surface area contributed by atoms with Crippen molar-refractivity contribution in [2.24, 2.45) is 0 Å². The highest BCUT2D eigenvalue weighted by molar-refractivity contribution is 7.98. The predicted molar refractivity (Wildman–Crippen MR) is 120 cm³/mol. The van der Waals surface area contributed by atoms with E-state index < -0.39 is 30.0 Å². The maximum atomic E-state index is 13.1. The fourth-order valence-electron chi connectivity index (χ4n) is 2.94. The van der Waals surface area contributed by atoms with Gasteiger partial charge in [-0.15, -0.1) is 11.8 Å². The van der Waals surface area contributed by atoms with Gasteiger partial charge in [-0.25, -0.2) is 4.79 Å². The van der Waals surface area contributed by atoms with Crippen molar-refractivity contribution in [2.75, 3.05) is 18.2 Å². The van der Waals surface area contributed by atoms with Crippen molar-refractivity contribution in [1.82, 2.24) is 9.78 Å². The average Bonchev–Trinajstić information content (AvgIpc) is 3.17. The van der Waals surface area contributed by atoms with Crippen LogP contribution in [0, 0.1) is 0 Å². The van der Waals surface area contributed by atoms with Crippen molar-refractivity contribution >= 4 is 41.1 Å². The summed E-state index contributed by atoms with van der Waals surface area (Å²) in [7, 11) is 0. The lowest BCUT2D eigenvalue weighted by molar-refractivity contribution is -0.115.